The number of nitrogens with zero attached hydrogens (tertiary/aromatic N) is 3. The third-order valence-electron chi connectivity index (χ3n) is 3.70. The number of likely N-dealkylation sites (tertiary alicyclic amines) is 1. The number of aryl methyl sites for hydroxylation is 1. The zero-order valence-corrected chi connectivity index (χ0v) is 11.8. The maximum absolute atomic E-state index is 13.1. The van der Waals surface area contributed by atoms with Crippen LogP contribution in [0.15, 0.2) is 12.3 Å². The van der Waals surface area contributed by atoms with Gasteiger partial charge in [-0.05, 0) is 12.5 Å². The van der Waals surface area contributed by atoms with Crippen LogP contribution in [0.2, 0.25) is 0 Å². The molecule has 0 aromatic carbocycles. The zero-order chi connectivity index (χ0) is 14.8. The average molecular weight is 286 g/mol. The molecule has 0 bridgehead atoms. The van der Waals surface area contributed by atoms with Crippen LogP contribution >= 0.6 is 0 Å². The molecule has 0 aliphatic carbocycles. The standard InChI is InChI=1S/C13H20F2N4O/c1-3-10(11-4-7-16-18(11)2)17-12(20)19-8-5-13(14,15)6-9-19/h4,7,10H,3,5-6,8-9H2,1-2H3,(H,17,20). The van der Waals surface area contributed by atoms with E-state index in [0.717, 1.165) is 12.1 Å². The van der Waals surface area contributed by atoms with Crippen LogP contribution in [0, 0.1) is 0 Å². The number of hydrogen-bond donors (Lipinski definition) is 1. The molecule has 20 heavy (non-hydrogen) atoms. The Bertz CT molecular complexity index is 465. The van der Waals surface area contributed by atoms with Crippen molar-refractivity contribution < 1.29 is 13.6 Å². The van der Waals surface area contributed by atoms with Crippen LogP contribution in [0.25, 0.3) is 0 Å². The molecule has 0 spiro atoms. The molecule has 1 atom stereocenters. The monoisotopic (exact) mass is 286 g/mol. The maximum Gasteiger partial charge on any atom is 0.317 e. The van der Waals surface area contributed by atoms with E-state index in [9.17, 15) is 13.6 Å². The van der Waals surface area contributed by atoms with E-state index in [1.807, 2.05) is 20.0 Å². The summed E-state index contributed by atoms with van der Waals surface area (Å²) in [5.41, 5.74) is 0.906. The van der Waals surface area contributed by atoms with Crippen LogP contribution in [0.3, 0.4) is 0 Å². The third kappa shape index (κ3) is 3.26. The van der Waals surface area contributed by atoms with E-state index in [0.29, 0.717) is 0 Å². The van der Waals surface area contributed by atoms with Gasteiger partial charge in [-0.15, -0.1) is 0 Å². The second-order valence-electron chi connectivity index (χ2n) is 5.13. The Morgan fingerprint density at radius 3 is 2.65 bits per heavy atom. The van der Waals surface area contributed by atoms with E-state index >= 15 is 0 Å². The molecule has 1 saturated heterocycles. The summed E-state index contributed by atoms with van der Waals surface area (Å²) in [5.74, 6) is -2.64. The number of amides is 2. The van der Waals surface area contributed by atoms with Gasteiger partial charge in [-0.1, -0.05) is 6.92 Å². The van der Waals surface area contributed by atoms with Crippen LogP contribution in [0.4, 0.5) is 13.6 Å². The predicted octanol–water partition coefficient (Wildman–Crippen LogP) is 2.31. The first kappa shape index (κ1) is 14.7. The second kappa shape index (κ2) is 5.76. The van der Waals surface area contributed by atoms with E-state index in [1.54, 1.807) is 10.9 Å². The minimum atomic E-state index is -2.64. The third-order valence-corrected chi connectivity index (χ3v) is 3.70. The maximum atomic E-state index is 13.1. The molecule has 2 amide bonds. The largest absolute Gasteiger partial charge is 0.330 e. The average Bonchev–Trinajstić information content (AvgIpc) is 2.82. The van der Waals surface area contributed by atoms with Gasteiger partial charge in [0.2, 0.25) is 0 Å². The number of rotatable bonds is 3. The number of halogens is 2. The van der Waals surface area contributed by atoms with Gasteiger partial charge in [0.15, 0.2) is 0 Å². The molecule has 1 aromatic rings. The summed E-state index contributed by atoms with van der Waals surface area (Å²) in [6, 6.07) is 1.41. The summed E-state index contributed by atoms with van der Waals surface area (Å²) in [4.78, 5) is 13.6. The van der Waals surface area contributed by atoms with Crippen molar-refractivity contribution in [3.63, 3.8) is 0 Å². The molecule has 0 saturated carbocycles. The molecule has 5 nitrogen and oxygen atoms in total. The van der Waals surface area contributed by atoms with Gasteiger partial charge >= 0.3 is 6.03 Å². The molecule has 7 heteroatoms. The fraction of sp³-hybridized carbons (Fsp3) is 0.692. The number of carbonyl (C=O) groups excluding carboxylic acids is 1. The minimum absolute atomic E-state index is 0.0979. The fourth-order valence-electron chi connectivity index (χ4n) is 2.39. The lowest BCUT2D eigenvalue weighted by atomic mass is 10.1. The van der Waals surface area contributed by atoms with Crippen molar-refractivity contribution in [2.24, 2.45) is 7.05 Å². The van der Waals surface area contributed by atoms with Gasteiger partial charge in [0.1, 0.15) is 0 Å². The Labute approximate surface area is 116 Å². The van der Waals surface area contributed by atoms with Crippen LogP contribution in [0.5, 0.6) is 0 Å². The molecule has 112 valence electrons. The lowest BCUT2D eigenvalue weighted by Crippen LogP contribution is -2.48. The first-order valence-electron chi connectivity index (χ1n) is 6.84. The summed E-state index contributed by atoms with van der Waals surface area (Å²) in [6.45, 7) is 2.16. The lowest BCUT2D eigenvalue weighted by molar-refractivity contribution is -0.0471. The van der Waals surface area contributed by atoms with Crippen molar-refractivity contribution in [3.8, 4) is 0 Å². The number of piperidine rings is 1. The molecule has 1 unspecified atom stereocenters. The number of urea groups is 1. The van der Waals surface area contributed by atoms with Gasteiger partial charge in [-0.3, -0.25) is 4.68 Å². The van der Waals surface area contributed by atoms with Crippen molar-refractivity contribution in [2.75, 3.05) is 13.1 Å². The Kier molecular flexibility index (Phi) is 4.25. The van der Waals surface area contributed by atoms with Gasteiger partial charge in [0.05, 0.1) is 11.7 Å². The van der Waals surface area contributed by atoms with Gasteiger partial charge in [0, 0.05) is 39.2 Å². The number of nitrogens with one attached hydrogen (secondary N) is 1. The Morgan fingerprint density at radius 1 is 1.50 bits per heavy atom. The normalized spacial score (nSPS) is 19.7. The van der Waals surface area contributed by atoms with Crippen LogP contribution in [-0.2, 0) is 7.05 Å². The Morgan fingerprint density at radius 2 is 2.15 bits per heavy atom. The van der Waals surface area contributed by atoms with Gasteiger partial charge < -0.3 is 10.2 Å². The highest BCUT2D eigenvalue weighted by Crippen LogP contribution is 2.28. The molecule has 1 aliphatic rings. The van der Waals surface area contributed by atoms with Crippen molar-refractivity contribution in [2.45, 2.75) is 38.2 Å². The molecular weight excluding hydrogens is 266 g/mol. The van der Waals surface area contributed by atoms with Gasteiger partial charge in [-0.25, -0.2) is 13.6 Å². The topological polar surface area (TPSA) is 50.2 Å². The van der Waals surface area contributed by atoms with Crippen molar-refractivity contribution in [1.29, 1.82) is 0 Å². The molecular formula is C13H20F2N4O. The SMILES string of the molecule is CCC(NC(=O)N1CCC(F)(F)CC1)c1ccnn1C. The van der Waals surface area contributed by atoms with E-state index < -0.39 is 5.92 Å². The molecule has 1 N–H and O–H groups in total. The molecule has 2 heterocycles. The smallest absolute Gasteiger partial charge is 0.317 e. The highest BCUT2D eigenvalue weighted by atomic mass is 19.3. The lowest BCUT2D eigenvalue weighted by Gasteiger charge is -2.32. The van der Waals surface area contributed by atoms with Gasteiger partial charge in [-0.2, -0.15) is 5.10 Å². The van der Waals surface area contributed by atoms with E-state index in [2.05, 4.69) is 10.4 Å². The quantitative estimate of drug-likeness (QED) is 0.927. The number of alkyl halides is 2. The van der Waals surface area contributed by atoms with E-state index in [4.69, 9.17) is 0 Å². The fourth-order valence-corrected chi connectivity index (χ4v) is 2.39. The Hall–Kier alpha value is -1.66. The van der Waals surface area contributed by atoms with Crippen LogP contribution < -0.4 is 5.32 Å². The first-order chi connectivity index (χ1) is 9.43. The molecule has 0 radical (unpaired) electrons. The number of aromatic nitrogens is 2. The molecule has 2 rings (SSSR count). The summed E-state index contributed by atoms with van der Waals surface area (Å²) in [7, 11) is 1.81. The Balaban J connectivity index is 1.95. The van der Waals surface area contributed by atoms with Crippen LogP contribution in [0.1, 0.15) is 37.9 Å². The minimum Gasteiger partial charge on any atom is -0.330 e. The summed E-state index contributed by atoms with van der Waals surface area (Å²) in [6.07, 6.45) is 1.87. The van der Waals surface area contributed by atoms with E-state index in [1.165, 1.54) is 4.90 Å². The summed E-state index contributed by atoms with van der Waals surface area (Å²) in [5, 5.41) is 6.97. The number of hydrogen-bond acceptors (Lipinski definition) is 2. The van der Waals surface area contributed by atoms with Crippen molar-refractivity contribution in [3.05, 3.63) is 18.0 Å². The summed E-state index contributed by atoms with van der Waals surface area (Å²) < 4.78 is 27.9. The van der Waals surface area contributed by atoms with Gasteiger partial charge in [0.25, 0.3) is 5.92 Å². The molecule has 1 aromatic heterocycles. The zero-order valence-electron chi connectivity index (χ0n) is 11.8. The van der Waals surface area contributed by atoms with Crippen molar-refractivity contribution in [1.82, 2.24) is 20.0 Å². The van der Waals surface area contributed by atoms with E-state index in [-0.39, 0.29) is 38.0 Å². The first-order valence-corrected chi connectivity index (χ1v) is 6.84. The highest BCUT2D eigenvalue weighted by Gasteiger charge is 2.36. The molecule has 1 fully saturated rings. The van der Waals surface area contributed by atoms with Crippen LogP contribution in [-0.4, -0.2) is 39.7 Å². The number of carbonyl (C=O) groups is 1. The molecule has 1 aliphatic heterocycles. The summed E-state index contributed by atoms with van der Waals surface area (Å²) >= 11 is 0. The van der Waals surface area contributed by atoms with Crippen molar-refractivity contribution >= 4 is 6.03 Å². The second-order valence-corrected chi connectivity index (χ2v) is 5.13. The highest BCUT2D eigenvalue weighted by molar-refractivity contribution is 5.74. The predicted molar refractivity (Wildman–Crippen MR) is 70.5 cm³/mol.